The van der Waals surface area contributed by atoms with Crippen molar-refractivity contribution >= 4 is 11.5 Å². The third-order valence-corrected chi connectivity index (χ3v) is 4.35. The van der Waals surface area contributed by atoms with Gasteiger partial charge in [-0.1, -0.05) is 30.3 Å². The molecule has 0 atom stereocenters. The van der Waals surface area contributed by atoms with E-state index in [9.17, 15) is 5.11 Å². The van der Waals surface area contributed by atoms with Crippen LogP contribution in [0.25, 0.3) is 5.65 Å². The number of nitrogens with one attached hydrogen (secondary N) is 1. The summed E-state index contributed by atoms with van der Waals surface area (Å²) >= 11 is 0. The summed E-state index contributed by atoms with van der Waals surface area (Å²) in [6, 6.07) is 10.3. The zero-order valence-corrected chi connectivity index (χ0v) is 11.9. The summed E-state index contributed by atoms with van der Waals surface area (Å²) < 4.78 is 1.58. The molecule has 0 spiro atoms. The van der Waals surface area contributed by atoms with Gasteiger partial charge < -0.3 is 10.4 Å². The molecule has 0 radical (unpaired) electrons. The highest BCUT2D eigenvalue weighted by atomic mass is 16.3. The summed E-state index contributed by atoms with van der Waals surface area (Å²) in [6.07, 6.45) is 4.63. The molecule has 0 aliphatic heterocycles. The quantitative estimate of drug-likeness (QED) is 0.747. The number of aromatic nitrogens is 5. The van der Waals surface area contributed by atoms with Gasteiger partial charge in [-0.15, -0.1) is 5.10 Å². The van der Waals surface area contributed by atoms with Crippen LogP contribution in [0.3, 0.4) is 0 Å². The van der Waals surface area contributed by atoms with Gasteiger partial charge in [0.05, 0.1) is 12.3 Å². The van der Waals surface area contributed by atoms with Crippen LogP contribution >= 0.6 is 0 Å². The number of benzene rings is 1. The Bertz CT molecular complexity index is 781. The van der Waals surface area contributed by atoms with Gasteiger partial charge in [0, 0.05) is 18.2 Å². The normalized spacial score (nSPS) is 24.1. The zero-order chi connectivity index (χ0) is 15.0. The molecule has 112 valence electrons. The second-order valence-corrected chi connectivity index (χ2v) is 5.78. The molecule has 1 saturated carbocycles. The summed E-state index contributed by atoms with van der Waals surface area (Å²) in [5.74, 6) is 0.657. The Kier molecular flexibility index (Phi) is 3.00. The second-order valence-electron chi connectivity index (χ2n) is 5.78. The SMILES string of the molecule is OC1CC(CNc2nccn3nnnc23)(c2ccccc2)C1. The number of rotatable bonds is 4. The summed E-state index contributed by atoms with van der Waals surface area (Å²) in [5.41, 5.74) is 1.77. The van der Waals surface area contributed by atoms with Crippen LogP contribution in [0.2, 0.25) is 0 Å². The Balaban J connectivity index is 1.60. The van der Waals surface area contributed by atoms with Crippen molar-refractivity contribution < 1.29 is 5.11 Å². The van der Waals surface area contributed by atoms with Crippen LogP contribution in [0.4, 0.5) is 5.82 Å². The van der Waals surface area contributed by atoms with E-state index in [-0.39, 0.29) is 11.5 Å². The lowest BCUT2D eigenvalue weighted by molar-refractivity contribution is 0.0242. The van der Waals surface area contributed by atoms with Crippen molar-refractivity contribution in [3.05, 3.63) is 48.3 Å². The predicted molar refractivity (Wildman–Crippen MR) is 80.4 cm³/mol. The van der Waals surface area contributed by atoms with E-state index in [0.717, 1.165) is 12.8 Å². The van der Waals surface area contributed by atoms with E-state index in [2.05, 4.69) is 38.0 Å². The summed E-state index contributed by atoms with van der Waals surface area (Å²) in [5, 5.41) is 24.6. The van der Waals surface area contributed by atoms with Gasteiger partial charge in [-0.3, -0.25) is 0 Å². The first-order chi connectivity index (χ1) is 10.8. The fourth-order valence-corrected chi connectivity index (χ4v) is 3.17. The molecule has 22 heavy (non-hydrogen) atoms. The Hall–Kier alpha value is -2.54. The molecule has 7 heteroatoms. The van der Waals surface area contributed by atoms with E-state index >= 15 is 0 Å². The second kappa shape index (κ2) is 5.03. The average Bonchev–Trinajstić information content (AvgIpc) is 3.00. The number of aliphatic hydroxyl groups is 1. The van der Waals surface area contributed by atoms with E-state index in [0.29, 0.717) is 18.0 Å². The molecule has 1 fully saturated rings. The summed E-state index contributed by atoms with van der Waals surface area (Å²) in [6.45, 7) is 0.688. The third-order valence-electron chi connectivity index (χ3n) is 4.35. The van der Waals surface area contributed by atoms with Crippen LogP contribution in [0, 0.1) is 0 Å². The van der Waals surface area contributed by atoms with E-state index in [1.54, 1.807) is 16.9 Å². The molecule has 0 bridgehead atoms. The highest BCUT2D eigenvalue weighted by Gasteiger charge is 2.44. The summed E-state index contributed by atoms with van der Waals surface area (Å²) in [7, 11) is 0. The van der Waals surface area contributed by atoms with Crippen molar-refractivity contribution in [2.24, 2.45) is 0 Å². The molecule has 1 aliphatic rings. The molecule has 0 amide bonds. The molecule has 2 heterocycles. The predicted octanol–water partition coefficient (Wildman–Crippen LogP) is 1.02. The van der Waals surface area contributed by atoms with Crippen molar-refractivity contribution in [2.75, 3.05) is 11.9 Å². The standard InChI is InChI=1S/C15H16N6O/c22-12-8-15(9-12,11-4-2-1-3-5-11)10-17-13-14-18-19-20-21(14)7-6-16-13/h1-7,12,22H,8-10H2,(H,16,17). The van der Waals surface area contributed by atoms with E-state index < -0.39 is 0 Å². The molecule has 1 aliphatic carbocycles. The number of hydrogen-bond donors (Lipinski definition) is 2. The van der Waals surface area contributed by atoms with Crippen LogP contribution in [-0.4, -0.2) is 42.8 Å². The minimum absolute atomic E-state index is 0.0668. The molecule has 0 saturated heterocycles. The molecular weight excluding hydrogens is 280 g/mol. The van der Waals surface area contributed by atoms with Crippen LogP contribution < -0.4 is 5.32 Å². The number of hydrogen-bond acceptors (Lipinski definition) is 6. The minimum atomic E-state index is -0.236. The Morgan fingerprint density at radius 3 is 2.86 bits per heavy atom. The van der Waals surface area contributed by atoms with Crippen molar-refractivity contribution in [3.8, 4) is 0 Å². The Morgan fingerprint density at radius 1 is 1.27 bits per heavy atom. The average molecular weight is 296 g/mol. The van der Waals surface area contributed by atoms with E-state index in [4.69, 9.17) is 0 Å². The van der Waals surface area contributed by atoms with Gasteiger partial charge in [0.15, 0.2) is 5.82 Å². The molecule has 0 unspecified atom stereocenters. The van der Waals surface area contributed by atoms with Crippen molar-refractivity contribution in [2.45, 2.75) is 24.4 Å². The third kappa shape index (κ3) is 2.10. The zero-order valence-electron chi connectivity index (χ0n) is 11.9. The van der Waals surface area contributed by atoms with Crippen LogP contribution in [0.15, 0.2) is 42.7 Å². The lowest BCUT2D eigenvalue weighted by Gasteiger charge is -2.46. The first kappa shape index (κ1) is 13.1. The maximum Gasteiger partial charge on any atom is 0.221 e. The van der Waals surface area contributed by atoms with Gasteiger partial charge in [-0.25, -0.2) is 4.98 Å². The highest BCUT2D eigenvalue weighted by Crippen LogP contribution is 2.43. The Morgan fingerprint density at radius 2 is 2.09 bits per heavy atom. The number of nitrogens with zero attached hydrogens (tertiary/aromatic N) is 5. The molecule has 2 aromatic heterocycles. The maximum atomic E-state index is 9.80. The van der Waals surface area contributed by atoms with E-state index in [1.165, 1.54) is 5.56 Å². The first-order valence-electron chi connectivity index (χ1n) is 7.27. The molecular formula is C15H16N6O. The molecule has 2 N–H and O–H groups in total. The number of anilines is 1. The fraction of sp³-hybridized carbons (Fsp3) is 0.333. The molecule has 7 nitrogen and oxygen atoms in total. The summed E-state index contributed by atoms with van der Waals surface area (Å²) in [4.78, 5) is 4.32. The highest BCUT2D eigenvalue weighted by molar-refractivity contribution is 5.61. The molecule has 1 aromatic carbocycles. The van der Waals surface area contributed by atoms with Gasteiger partial charge in [0.2, 0.25) is 5.65 Å². The number of tetrazole rings is 1. The van der Waals surface area contributed by atoms with Gasteiger partial charge >= 0.3 is 0 Å². The first-order valence-corrected chi connectivity index (χ1v) is 7.27. The molecule has 4 rings (SSSR count). The lowest BCUT2D eigenvalue weighted by atomic mass is 9.62. The van der Waals surface area contributed by atoms with E-state index in [1.807, 2.05) is 18.2 Å². The van der Waals surface area contributed by atoms with Gasteiger partial charge in [-0.2, -0.15) is 4.52 Å². The Labute approximate surface area is 127 Å². The minimum Gasteiger partial charge on any atom is -0.393 e. The van der Waals surface area contributed by atoms with Gasteiger partial charge in [0.25, 0.3) is 0 Å². The smallest absolute Gasteiger partial charge is 0.221 e. The lowest BCUT2D eigenvalue weighted by Crippen LogP contribution is -2.49. The topological polar surface area (TPSA) is 88.2 Å². The van der Waals surface area contributed by atoms with Crippen molar-refractivity contribution in [1.29, 1.82) is 0 Å². The van der Waals surface area contributed by atoms with Crippen molar-refractivity contribution in [1.82, 2.24) is 25.0 Å². The van der Waals surface area contributed by atoms with Crippen LogP contribution in [0.1, 0.15) is 18.4 Å². The van der Waals surface area contributed by atoms with Gasteiger partial charge in [-0.05, 0) is 28.8 Å². The van der Waals surface area contributed by atoms with Crippen LogP contribution in [-0.2, 0) is 5.41 Å². The van der Waals surface area contributed by atoms with Gasteiger partial charge in [0.1, 0.15) is 0 Å². The van der Waals surface area contributed by atoms with Crippen LogP contribution in [0.5, 0.6) is 0 Å². The monoisotopic (exact) mass is 296 g/mol. The van der Waals surface area contributed by atoms with Crippen molar-refractivity contribution in [3.63, 3.8) is 0 Å². The maximum absolute atomic E-state index is 9.80. The largest absolute Gasteiger partial charge is 0.393 e. The number of fused-ring (bicyclic) bond motifs is 1. The fourth-order valence-electron chi connectivity index (χ4n) is 3.17. The molecule has 3 aromatic rings. The number of aliphatic hydroxyl groups excluding tert-OH is 1.